The average Bonchev–Trinajstić information content (AvgIpc) is 2.00. The van der Waals surface area contributed by atoms with Crippen molar-refractivity contribution in [3.8, 4) is 0 Å². The number of hydrogen-bond acceptors (Lipinski definition) is 3. The molecule has 0 saturated carbocycles. The lowest BCUT2D eigenvalue weighted by atomic mass is 10.0. The molecule has 0 aromatic heterocycles. The van der Waals surface area contributed by atoms with Crippen molar-refractivity contribution < 1.29 is 14.7 Å². The predicted octanol–water partition coefficient (Wildman–Crippen LogP) is 1.01. The minimum absolute atomic E-state index is 0.379. The SMILES string of the molecule is CC1=C(I)C(=O)C(C(=O)O)C=N1. The molecule has 0 aromatic rings. The van der Waals surface area contributed by atoms with Crippen molar-refractivity contribution in [2.24, 2.45) is 10.9 Å². The summed E-state index contributed by atoms with van der Waals surface area (Å²) in [5, 5.41) is 8.57. The molecule has 0 bridgehead atoms. The number of carbonyl (C=O) groups excluding carboxylic acids is 1. The largest absolute Gasteiger partial charge is 0.480 e. The molecular weight excluding hydrogens is 273 g/mol. The van der Waals surface area contributed by atoms with Crippen LogP contribution in [0, 0.1) is 5.92 Å². The molecule has 1 N–H and O–H groups in total. The third-order valence-electron chi connectivity index (χ3n) is 1.50. The van der Waals surface area contributed by atoms with Crippen LogP contribution >= 0.6 is 22.6 Å². The van der Waals surface area contributed by atoms with Crippen LogP contribution in [-0.4, -0.2) is 23.1 Å². The van der Waals surface area contributed by atoms with Crippen LogP contribution in [-0.2, 0) is 9.59 Å². The van der Waals surface area contributed by atoms with E-state index in [-0.39, 0.29) is 5.78 Å². The van der Waals surface area contributed by atoms with Crippen LogP contribution < -0.4 is 0 Å². The number of halogens is 1. The highest BCUT2D eigenvalue weighted by Gasteiger charge is 2.29. The van der Waals surface area contributed by atoms with E-state index in [1.54, 1.807) is 6.92 Å². The first-order valence-electron chi connectivity index (χ1n) is 3.21. The van der Waals surface area contributed by atoms with Gasteiger partial charge in [-0.15, -0.1) is 0 Å². The molecule has 0 aromatic carbocycles. The molecule has 0 aliphatic carbocycles. The highest BCUT2D eigenvalue weighted by atomic mass is 127. The first-order chi connectivity index (χ1) is 5.54. The van der Waals surface area contributed by atoms with Gasteiger partial charge in [0, 0.05) is 6.21 Å². The van der Waals surface area contributed by atoms with E-state index in [1.165, 1.54) is 6.21 Å². The second-order valence-electron chi connectivity index (χ2n) is 2.36. The maximum Gasteiger partial charge on any atom is 0.319 e. The number of hydrogen-bond donors (Lipinski definition) is 1. The maximum absolute atomic E-state index is 11.2. The molecule has 1 aliphatic rings. The minimum atomic E-state index is -1.15. The summed E-state index contributed by atoms with van der Waals surface area (Å²) < 4.78 is 0.405. The van der Waals surface area contributed by atoms with E-state index < -0.39 is 11.9 Å². The summed E-state index contributed by atoms with van der Waals surface area (Å²) in [6, 6.07) is 0. The van der Waals surface area contributed by atoms with Crippen molar-refractivity contribution in [1.82, 2.24) is 0 Å². The van der Waals surface area contributed by atoms with Crippen LogP contribution in [0.25, 0.3) is 0 Å². The highest BCUT2D eigenvalue weighted by molar-refractivity contribution is 14.1. The zero-order valence-electron chi connectivity index (χ0n) is 6.24. The van der Waals surface area contributed by atoms with Gasteiger partial charge in [-0.1, -0.05) is 0 Å². The fourth-order valence-corrected chi connectivity index (χ4v) is 1.28. The lowest BCUT2D eigenvalue weighted by Crippen LogP contribution is -2.27. The Morgan fingerprint density at radius 1 is 1.75 bits per heavy atom. The van der Waals surface area contributed by atoms with Gasteiger partial charge >= 0.3 is 5.97 Å². The molecule has 1 heterocycles. The number of carboxylic acid groups (broad SMARTS) is 1. The third kappa shape index (κ3) is 1.55. The van der Waals surface area contributed by atoms with Crippen LogP contribution in [0.3, 0.4) is 0 Å². The van der Waals surface area contributed by atoms with Crippen LogP contribution in [0.15, 0.2) is 14.3 Å². The Morgan fingerprint density at radius 3 is 2.83 bits per heavy atom. The van der Waals surface area contributed by atoms with Gasteiger partial charge in [-0.05, 0) is 29.5 Å². The van der Waals surface area contributed by atoms with E-state index in [0.29, 0.717) is 9.28 Å². The van der Waals surface area contributed by atoms with Crippen LogP contribution in [0.5, 0.6) is 0 Å². The van der Waals surface area contributed by atoms with Gasteiger partial charge in [-0.25, -0.2) is 0 Å². The minimum Gasteiger partial charge on any atom is -0.480 e. The Morgan fingerprint density at radius 2 is 2.33 bits per heavy atom. The maximum atomic E-state index is 11.2. The molecule has 1 atom stereocenters. The van der Waals surface area contributed by atoms with Crippen molar-refractivity contribution in [3.05, 3.63) is 9.28 Å². The number of rotatable bonds is 1. The zero-order valence-corrected chi connectivity index (χ0v) is 8.40. The Labute approximate surface area is 82.5 Å². The van der Waals surface area contributed by atoms with Crippen LogP contribution in [0.2, 0.25) is 0 Å². The quantitative estimate of drug-likeness (QED) is 0.575. The molecule has 1 unspecified atom stereocenters. The molecule has 0 fully saturated rings. The number of allylic oxidation sites excluding steroid dienone is 2. The molecular formula is C7H6INO3. The summed E-state index contributed by atoms with van der Waals surface area (Å²) in [6.45, 7) is 1.67. The Hall–Kier alpha value is -0.720. The summed E-state index contributed by atoms with van der Waals surface area (Å²) in [7, 11) is 0. The van der Waals surface area contributed by atoms with Crippen LogP contribution in [0.4, 0.5) is 0 Å². The zero-order chi connectivity index (χ0) is 9.30. The third-order valence-corrected chi connectivity index (χ3v) is 2.81. The molecule has 1 aliphatic heterocycles. The summed E-state index contributed by atoms with van der Waals surface area (Å²) >= 11 is 1.81. The molecule has 4 nitrogen and oxygen atoms in total. The van der Waals surface area contributed by atoms with Crippen LogP contribution in [0.1, 0.15) is 6.92 Å². The fraction of sp³-hybridized carbons (Fsp3) is 0.286. The van der Waals surface area contributed by atoms with E-state index in [2.05, 4.69) is 4.99 Å². The number of Topliss-reactive ketones (excluding diaryl/α,β-unsaturated/α-hetero) is 1. The summed E-state index contributed by atoms with van der Waals surface area (Å²) in [5.74, 6) is -2.62. The van der Waals surface area contributed by atoms with Gasteiger partial charge < -0.3 is 5.11 Å². The molecule has 5 heteroatoms. The monoisotopic (exact) mass is 279 g/mol. The van der Waals surface area contributed by atoms with Gasteiger partial charge in [-0.3, -0.25) is 14.6 Å². The van der Waals surface area contributed by atoms with Gasteiger partial charge in [0.15, 0.2) is 11.7 Å². The van der Waals surface area contributed by atoms with Crippen molar-refractivity contribution in [2.75, 3.05) is 0 Å². The molecule has 0 amide bonds. The molecule has 1 rings (SSSR count). The van der Waals surface area contributed by atoms with Crippen molar-refractivity contribution in [3.63, 3.8) is 0 Å². The number of carbonyl (C=O) groups is 2. The normalized spacial score (nSPS) is 23.2. The van der Waals surface area contributed by atoms with Gasteiger partial charge in [0.1, 0.15) is 0 Å². The fourth-order valence-electron chi connectivity index (χ4n) is 0.801. The summed E-state index contributed by atoms with van der Waals surface area (Å²) in [4.78, 5) is 25.5. The van der Waals surface area contributed by atoms with E-state index >= 15 is 0 Å². The van der Waals surface area contributed by atoms with Gasteiger partial charge in [-0.2, -0.15) is 0 Å². The molecule has 12 heavy (non-hydrogen) atoms. The Kier molecular flexibility index (Phi) is 2.61. The Bertz CT molecular complexity index is 306. The Balaban J connectivity index is 3.01. The first-order valence-corrected chi connectivity index (χ1v) is 4.29. The summed E-state index contributed by atoms with van der Waals surface area (Å²) in [6.07, 6.45) is 1.17. The second kappa shape index (κ2) is 3.34. The number of aliphatic imine (C=N–C) groups is 1. The highest BCUT2D eigenvalue weighted by Crippen LogP contribution is 2.22. The van der Waals surface area contributed by atoms with Crippen molar-refractivity contribution in [2.45, 2.75) is 6.92 Å². The number of nitrogens with zero attached hydrogens (tertiary/aromatic N) is 1. The molecule has 0 saturated heterocycles. The number of carboxylic acids is 1. The first kappa shape index (κ1) is 9.37. The van der Waals surface area contributed by atoms with E-state index in [9.17, 15) is 9.59 Å². The number of ketones is 1. The lowest BCUT2D eigenvalue weighted by Gasteiger charge is -2.11. The topological polar surface area (TPSA) is 66.7 Å². The molecule has 0 spiro atoms. The molecule has 0 radical (unpaired) electrons. The van der Waals surface area contributed by atoms with Crippen molar-refractivity contribution in [1.29, 1.82) is 0 Å². The van der Waals surface area contributed by atoms with E-state index in [1.807, 2.05) is 22.6 Å². The van der Waals surface area contributed by atoms with Gasteiger partial charge in [0.05, 0.1) is 9.28 Å². The molecule has 64 valence electrons. The van der Waals surface area contributed by atoms with Crippen molar-refractivity contribution >= 4 is 40.6 Å². The number of aliphatic carboxylic acids is 1. The van der Waals surface area contributed by atoms with Gasteiger partial charge in [0.2, 0.25) is 0 Å². The second-order valence-corrected chi connectivity index (χ2v) is 3.44. The van der Waals surface area contributed by atoms with E-state index in [0.717, 1.165) is 0 Å². The standard InChI is InChI=1S/C7H6INO3/c1-3-5(8)6(10)4(2-9-3)7(11)12/h2,4H,1H3,(H,11,12). The average molecular weight is 279 g/mol. The summed E-state index contributed by atoms with van der Waals surface area (Å²) in [5.41, 5.74) is 0.582. The predicted molar refractivity (Wildman–Crippen MR) is 51.3 cm³/mol. The van der Waals surface area contributed by atoms with E-state index in [4.69, 9.17) is 5.11 Å². The smallest absolute Gasteiger partial charge is 0.319 e. The van der Waals surface area contributed by atoms with Gasteiger partial charge in [0.25, 0.3) is 0 Å². The lowest BCUT2D eigenvalue weighted by molar-refractivity contribution is -0.142.